The lowest BCUT2D eigenvalue weighted by Crippen LogP contribution is -2.41. The van der Waals surface area contributed by atoms with Crippen molar-refractivity contribution in [3.63, 3.8) is 0 Å². The second-order valence-corrected chi connectivity index (χ2v) is 4.57. The van der Waals surface area contributed by atoms with E-state index in [9.17, 15) is 9.59 Å². The van der Waals surface area contributed by atoms with E-state index in [1.807, 2.05) is 6.92 Å². The number of carbonyl (C=O) groups is 2. The van der Waals surface area contributed by atoms with Gasteiger partial charge in [0.25, 0.3) is 0 Å². The molecule has 16 heavy (non-hydrogen) atoms. The molecule has 2 aliphatic heterocycles. The van der Waals surface area contributed by atoms with Gasteiger partial charge in [0.05, 0.1) is 18.4 Å². The summed E-state index contributed by atoms with van der Waals surface area (Å²) in [6, 6.07) is -0.189. The lowest BCUT2D eigenvalue weighted by atomic mass is 10.0. The van der Waals surface area contributed by atoms with Crippen molar-refractivity contribution in [3.05, 3.63) is 0 Å². The summed E-state index contributed by atoms with van der Waals surface area (Å²) in [7, 11) is 0. The Morgan fingerprint density at radius 3 is 2.62 bits per heavy atom. The van der Waals surface area contributed by atoms with Gasteiger partial charge in [-0.2, -0.15) is 0 Å². The molecule has 0 aromatic carbocycles. The molecular weight excluding hydrogens is 210 g/mol. The number of hydrogen-bond donors (Lipinski definition) is 1. The van der Waals surface area contributed by atoms with Gasteiger partial charge in [-0.3, -0.25) is 9.59 Å². The monoisotopic (exact) mass is 227 g/mol. The van der Waals surface area contributed by atoms with Crippen LogP contribution >= 0.6 is 0 Å². The van der Waals surface area contributed by atoms with Gasteiger partial charge in [-0.15, -0.1) is 0 Å². The largest absolute Gasteiger partial charge is 0.481 e. The Balaban J connectivity index is 2.00. The summed E-state index contributed by atoms with van der Waals surface area (Å²) in [6.45, 7) is 3.51. The van der Waals surface area contributed by atoms with Crippen molar-refractivity contribution in [1.29, 1.82) is 0 Å². The molecule has 5 nitrogen and oxygen atoms in total. The maximum Gasteiger partial charge on any atom is 0.308 e. The molecule has 0 spiro atoms. The number of ether oxygens (including phenoxy) is 1. The number of likely N-dealkylation sites (tertiary alicyclic amines) is 1. The molecule has 3 unspecified atom stereocenters. The van der Waals surface area contributed by atoms with Crippen LogP contribution < -0.4 is 0 Å². The van der Waals surface area contributed by atoms with Crippen molar-refractivity contribution < 1.29 is 19.4 Å². The molecule has 2 saturated heterocycles. The smallest absolute Gasteiger partial charge is 0.308 e. The molecule has 3 atom stereocenters. The topological polar surface area (TPSA) is 66.8 Å². The van der Waals surface area contributed by atoms with E-state index >= 15 is 0 Å². The zero-order chi connectivity index (χ0) is 11.7. The molecule has 2 aliphatic rings. The number of nitrogens with zero attached hydrogens (tertiary/aromatic N) is 1. The van der Waals surface area contributed by atoms with Crippen LogP contribution in [0.1, 0.15) is 19.8 Å². The van der Waals surface area contributed by atoms with Crippen LogP contribution in [-0.2, 0) is 14.3 Å². The second kappa shape index (κ2) is 4.41. The van der Waals surface area contributed by atoms with Crippen LogP contribution in [0.15, 0.2) is 0 Å². The highest BCUT2D eigenvalue weighted by Gasteiger charge is 2.40. The van der Waals surface area contributed by atoms with E-state index in [-0.39, 0.29) is 17.9 Å². The van der Waals surface area contributed by atoms with Crippen LogP contribution in [0.4, 0.5) is 0 Å². The van der Waals surface area contributed by atoms with E-state index in [0.29, 0.717) is 26.2 Å². The van der Waals surface area contributed by atoms with Gasteiger partial charge >= 0.3 is 5.97 Å². The van der Waals surface area contributed by atoms with E-state index in [0.717, 1.165) is 6.42 Å². The third-order valence-corrected chi connectivity index (χ3v) is 3.63. The molecule has 2 heterocycles. The lowest BCUT2D eigenvalue weighted by molar-refractivity contribution is -0.143. The van der Waals surface area contributed by atoms with Crippen LogP contribution in [0, 0.1) is 11.8 Å². The molecule has 2 fully saturated rings. The number of aliphatic carboxylic acids is 1. The summed E-state index contributed by atoms with van der Waals surface area (Å²) in [5, 5.41) is 8.99. The van der Waals surface area contributed by atoms with Crippen LogP contribution in [0.5, 0.6) is 0 Å². The van der Waals surface area contributed by atoms with Crippen LogP contribution in [0.2, 0.25) is 0 Å². The summed E-state index contributed by atoms with van der Waals surface area (Å²) in [5.41, 5.74) is 0. The maximum atomic E-state index is 12.1. The summed E-state index contributed by atoms with van der Waals surface area (Å²) >= 11 is 0. The van der Waals surface area contributed by atoms with Crippen molar-refractivity contribution >= 4 is 11.9 Å². The number of rotatable bonds is 2. The highest BCUT2D eigenvalue weighted by molar-refractivity contribution is 5.81. The Bertz CT molecular complexity index is 298. The van der Waals surface area contributed by atoms with Gasteiger partial charge in [-0.25, -0.2) is 0 Å². The summed E-state index contributed by atoms with van der Waals surface area (Å²) < 4.78 is 5.18. The molecule has 0 aromatic heterocycles. The van der Waals surface area contributed by atoms with Crippen molar-refractivity contribution in [3.8, 4) is 0 Å². The molecule has 0 saturated carbocycles. The first kappa shape index (κ1) is 11.4. The van der Waals surface area contributed by atoms with Gasteiger partial charge < -0.3 is 14.7 Å². The quantitative estimate of drug-likeness (QED) is 0.739. The van der Waals surface area contributed by atoms with Gasteiger partial charge in [0.1, 0.15) is 0 Å². The molecule has 0 aromatic rings. The molecule has 90 valence electrons. The molecule has 1 N–H and O–H groups in total. The van der Waals surface area contributed by atoms with E-state index in [1.165, 1.54) is 0 Å². The highest BCUT2D eigenvalue weighted by Crippen LogP contribution is 2.27. The van der Waals surface area contributed by atoms with E-state index in [2.05, 4.69) is 0 Å². The zero-order valence-electron chi connectivity index (χ0n) is 9.39. The number of carboxylic acids is 1. The first-order chi connectivity index (χ1) is 7.61. The number of carbonyl (C=O) groups excluding carboxylic acids is 1. The van der Waals surface area contributed by atoms with Gasteiger partial charge in [-0.1, -0.05) is 0 Å². The molecule has 0 radical (unpaired) electrons. The standard InChI is InChI=1S/C11H17NO4/c1-7-9(11(14)15)2-4-12(7)10(13)8-3-5-16-6-8/h7-9H,2-6H2,1H3,(H,14,15). The fourth-order valence-corrected chi connectivity index (χ4v) is 2.54. The Kier molecular flexibility index (Phi) is 3.14. The van der Waals surface area contributed by atoms with Crippen molar-refractivity contribution in [2.45, 2.75) is 25.8 Å². The molecular formula is C11H17NO4. The van der Waals surface area contributed by atoms with Crippen LogP contribution in [0.3, 0.4) is 0 Å². The predicted molar refractivity (Wildman–Crippen MR) is 55.8 cm³/mol. The van der Waals surface area contributed by atoms with E-state index in [4.69, 9.17) is 9.84 Å². The maximum absolute atomic E-state index is 12.1. The first-order valence-electron chi connectivity index (χ1n) is 5.72. The van der Waals surface area contributed by atoms with Gasteiger partial charge in [-0.05, 0) is 19.8 Å². The average molecular weight is 227 g/mol. The third kappa shape index (κ3) is 1.91. The summed E-state index contributed by atoms with van der Waals surface area (Å²) in [5.74, 6) is -1.21. The average Bonchev–Trinajstić information content (AvgIpc) is 2.84. The second-order valence-electron chi connectivity index (χ2n) is 4.57. The van der Waals surface area contributed by atoms with E-state index in [1.54, 1.807) is 4.90 Å². The third-order valence-electron chi connectivity index (χ3n) is 3.63. The van der Waals surface area contributed by atoms with Crippen molar-refractivity contribution in [1.82, 2.24) is 4.90 Å². The Hall–Kier alpha value is -1.10. The zero-order valence-corrected chi connectivity index (χ0v) is 9.39. The minimum absolute atomic E-state index is 0.0602. The molecule has 1 amide bonds. The lowest BCUT2D eigenvalue weighted by Gasteiger charge is -2.25. The number of hydrogen-bond acceptors (Lipinski definition) is 3. The summed E-state index contributed by atoms with van der Waals surface area (Å²) in [6.07, 6.45) is 1.33. The Morgan fingerprint density at radius 2 is 2.12 bits per heavy atom. The summed E-state index contributed by atoms with van der Waals surface area (Å²) in [4.78, 5) is 24.7. The fourth-order valence-electron chi connectivity index (χ4n) is 2.54. The molecule has 5 heteroatoms. The minimum Gasteiger partial charge on any atom is -0.481 e. The molecule has 0 aliphatic carbocycles. The minimum atomic E-state index is -0.800. The number of amides is 1. The SMILES string of the molecule is CC1C(C(=O)O)CCN1C(=O)C1CCOC1. The van der Waals surface area contributed by atoms with E-state index < -0.39 is 11.9 Å². The molecule has 0 bridgehead atoms. The van der Waals surface area contributed by atoms with Gasteiger partial charge in [0.2, 0.25) is 5.91 Å². The van der Waals surface area contributed by atoms with Crippen molar-refractivity contribution in [2.75, 3.05) is 19.8 Å². The first-order valence-corrected chi connectivity index (χ1v) is 5.72. The van der Waals surface area contributed by atoms with Crippen LogP contribution in [-0.4, -0.2) is 47.7 Å². The van der Waals surface area contributed by atoms with Crippen LogP contribution in [0.25, 0.3) is 0 Å². The highest BCUT2D eigenvalue weighted by atomic mass is 16.5. The fraction of sp³-hybridized carbons (Fsp3) is 0.818. The number of carboxylic acid groups (broad SMARTS) is 1. The molecule has 2 rings (SSSR count). The predicted octanol–water partition coefficient (Wildman–Crippen LogP) is 0.345. The Labute approximate surface area is 94.4 Å². The Morgan fingerprint density at radius 1 is 1.38 bits per heavy atom. The van der Waals surface area contributed by atoms with Crippen molar-refractivity contribution in [2.24, 2.45) is 11.8 Å². The van der Waals surface area contributed by atoms with Gasteiger partial charge in [0.15, 0.2) is 0 Å². The normalized spacial score (nSPS) is 34.3. The van der Waals surface area contributed by atoms with Gasteiger partial charge in [0, 0.05) is 19.2 Å².